The van der Waals surface area contributed by atoms with Gasteiger partial charge in [-0.1, -0.05) is 26.3 Å². The van der Waals surface area contributed by atoms with Crippen LogP contribution in [0.3, 0.4) is 0 Å². The molecule has 110 valence electrons. The number of carboxylic acid groups (broad SMARTS) is 1. The molecular formula is C13H16Br2N2O3. The molecule has 20 heavy (non-hydrogen) atoms. The average Bonchev–Trinajstić information content (AvgIpc) is 2.39. The largest absolute Gasteiger partial charge is 0.480 e. The number of carbonyl (C=O) groups is 2. The molecule has 0 saturated heterocycles. The van der Waals surface area contributed by atoms with Crippen LogP contribution in [0.5, 0.6) is 0 Å². The van der Waals surface area contributed by atoms with Crippen LogP contribution in [0.4, 0.5) is 10.5 Å². The number of nitrogens with one attached hydrogen (secondary N) is 2. The highest BCUT2D eigenvalue weighted by molar-refractivity contribution is 9.11. The molecule has 1 aromatic carbocycles. The summed E-state index contributed by atoms with van der Waals surface area (Å²) in [5.41, 5.74) is 0.554. The minimum atomic E-state index is -1.04. The summed E-state index contributed by atoms with van der Waals surface area (Å²) in [5.74, 6) is -1.19. The van der Waals surface area contributed by atoms with E-state index in [4.69, 9.17) is 5.11 Å². The Balaban J connectivity index is 2.79. The first-order chi connectivity index (χ1) is 9.36. The number of carboxylic acids is 1. The van der Waals surface area contributed by atoms with Gasteiger partial charge in [-0.3, -0.25) is 0 Å². The quantitative estimate of drug-likeness (QED) is 0.693. The molecule has 0 spiro atoms. The summed E-state index contributed by atoms with van der Waals surface area (Å²) in [6.07, 6.45) is 0.663. The van der Waals surface area contributed by atoms with Gasteiger partial charge in [0.2, 0.25) is 0 Å². The third-order valence-corrected chi connectivity index (χ3v) is 4.29. The van der Waals surface area contributed by atoms with Crippen LogP contribution in [-0.2, 0) is 4.79 Å². The minimum Gasteiger partial charge on any atom is -0.480 e. The number of para-hydroxylation sites is 1. The Morgan fingerprint density at radius 3 is 2.30 bits per heavy atom. The maximum Gasteiger partial charge on any atom is 0.326 e. The van der Waals surface area contributed by atoms with E-state index in [0.29, 0.717) is 21.1 Å². The molecular weight excluding hydrogens is 392 g/mol. The smallest absolute Gasteiger partial charge is 0.326 e. The Morgan fingerprint density at radius 2 is 1.85 bits per heavy atom. The van der Waals surface area contributed by atoms with E-state index >= 15 is 0 Å². The van der Waals surface area contributed by atoms with E-state index in [0.717, 1.165) is 0 Å². The number of urea groups is 1. The Morgan fingerprint density at radius 1 is 1.30 bits per heavy atom. The lowest BCUT2D eigenvalue weighted by Gasteiger charge is -2.20. The SMILES string of the molecule is CC[C@H](C)[C@H](NC(=O)Nc1c(Br)cccc1Br)C(=O)O. The fourth-order valence-electron chi connectivity index (χ4n) is 1.59. The molecule has 2 atom stereocenters. The van der Waals surface area contributed by atoms with Gasteiger partial charge in [0.25, 0.3) is 0 Å². The van der Waals surface area contributed by atoms with Gasteiger partial charge in [-0.2, -0.15) is 0 Å². The van der Waals surface area contributed by atoms with Gasteiger partial charge < -0.3 is 15.7 Å². The fourth-order valence-corrected chi connectivity index (χ4v) is 2.79. The third kappa shape index (κ3) is 4.49. The molecule has 1 aromatic rings. The molecule has 0 aliphatic heterocycles. The molecule has 5 nitrogen and oxygen atoms in total. The van der Waals surface area contributed by atoms with Gasteiger partial charge in [0.15, 0.2) is 0 Å². The molecule has 2 amide bonds. The van der Waals surface area contributed by atoms with E-state index in [1.807, 2.05) is 13.0 Å². The molecule has 3 N–H and O–H groups in total. The van der Waals surface area contributed by atoms with Gasteiger partial charge >= 0.3 is 12.0 Å². The maximum absolute atomic E-state index is 11.9. The van der Waals surface area contributed by atoms with E-state index in [-0.39, 0.29) is 5.92 Å². The highest BCUT2D eigenvalue weighted by Gasteiger charge is 2.25. The van der Waals surface area contributed by atoms with Crippen molar-refractivity contribution in [3.8, 4) is 0 Å². The number of anilines is 1. The normalized spacial score (nSPS) is 13.4. The molecule has 0 heterocycles. The Kier molecular flexibility index (Phi) is 6.48. The molecule has 0 radical (unpaired) electrons. The van der Waals surface area contributed by atoms with Crippen LogP contribution in [0, 0.1) is 5.92 Å². The lowest BCUT2D eigenvalue weighted by Crippen LogP contribution is -2.46. The van der Waals surface area contributed by atoms with E-state index < -0.39 is 18.0 Å². The standard InChI is InChI=1S/C13H16Br2N2O3/c1-3-7(2)10(12(18)19)16-13(20)17-11-8(14)5-4-6-9(11)15/h4-7,10H,3H2,1-2H3,(H,18,19)(H2,16,17,20)/t7-,10-/m0/s1. The Labute approximate surface area is 134 Å². The first-order valence-electron chi connectivity index (χ1n) is 6.11. The monoisotopic (exact) mass is 406 g/mol. The average molecular weight is 408 g/mol. The van der Waals surface area contributed by atoms with Crippen LogP contribution < -0.4 is 10.6 Å². The van der Waals surface area contributed by atoms with Crippen molar-refractivity contribution in [3.05, 3.63) is 27.1 Å². The van der Waals surface area contributed by atoms with E-state index in [1.54, 1.807) is 19.1 Å². The highest BCUT2D eigenvalue weighted by Crippen LogP contribution is 2.30. The summed E-state index contributed by atoms with van der Waals surface area (Å²) in [7, 11) is 0. The third-order valence-electron chi connectivity index (χ3n) is 2.97. The van der Waals surface area contributed by atoms with E-state index in [9.17, 15) is 9.59 Å². The van der Waals surface area contributed by atoms with Crippen molar-refractivity contribution in [3.63, 3.8) is 0 Å². The van der Waals surface area contributed by atoms with Crippen molar-refractivity contribution in [2.75, 3.05) is 5.32 Å². The van der Waals surface area contributed by atoms with Crippen LogP contribution >= 0.6 is 31.9 Å². The Hall–Kier alpha value is -1.08. The van der Waals surface area contributed by atoms with Gasteiger partial charge in [-0.15, -0.1) is 0 Å². The number of benzene rings is 1. The molecule has 0 unspecified atom stereocenters. The molecule has 0 aliphatic carbocycles. The zero-order valence-corrected chi connectivity index (χ0v) is 14.3. The van der Waals surface area contributed by atoms with Gasteiger partial charge in [0.05, 0.1) is 5.69 Å². The lowest BCUT2D eigenvalue weighted by atomic mass is 9.99. The zero-order chi connectivity index (χ0) is 15.3. The molecule has 1 rings (SSSR count). The van der Waals surface area contributed by atoms with Gasteiger partial charge in [0.1, 0.15) is 6.04 Å². The summed E-state index contributed by atoms with van der Waals surface area (Å²) in [5, 5.41) is 14.3. The Bertz CT molecular complexity index is 488. The van der Waals surface area contributed by atoms with E-state index in [2.05, 4.69) is 42.5 Å². The molecule has 0 bridgehead atoms. The van der Waals surface area contributed by atoms with Crippen molar-refractivity contribution < 1.29 is 14.7 Å². The second-order valence-corrected chi connectivity index (χ2v) is 6.11. The summed E-state index contributed by atoms with van der Waals surface area (Å²) in [6, 6.07) is 3.91. The summed E-state index contributed by atoms with van der Waals surface area (Å²) < 4.78 is 1.41. The van der Waals surface area contributed by atoms with Crippen molar-refractivity contribution in [1.29, 1.82) is 0 Å². The fraction of sp³-hybridized carbons (Fsp3) is 0.385. The molecule has 0 aliphatic rings. The lowest BCUT2D eigenvalue weighted by molar-refractivity contribution is -0.140. The summed E-state index contributed by atoms with van der Waals surface area (Å²) in [4.78, 5) is 23.1. The number of hydrogen-bond donors (Lipinski definition) is 3. The van der Waals surface area contributed by atoms with E-state index in [1.165, 1.54) is 0 Å². The van der Waals surface area contributed by atoms with Gasteiger partial charge in [-0.05, 0) is 49.9 Å². The second-order valence-electron chi connectivity index (χ2n) is 4.40. The summed E-state index contributed by atoms with van der Waals surface area (Å²) >= 11 is 6.65. The molecule has 7 heteroatoms. The van der Waals surface area contributed by atoms with Crippen molar-refractivity contribution >= 4 is 49.5 Å². The van der Waals surface area contributed by atoms with Crippen LogP contribution in [0.2, 0.25) is 0 Å². The summed E-state index contributed by atoms with van der Waals surface area (Å²) in [6.45, 7) is 3.66. The number of hydrogen-bond acceptors (Lipinski definition) is 2. The number of halogens is 2. The van der Waals surface area contributed by atoms with Crippen LogP contribution in [0.1, 0.15) is 20.3 Å². The van der Waals surface area contributed by atoms with Crippen molar-refractivity contribution in [2.24, 2.45) is 5.92 Å². The van der Waals surface area contributed by atoms with Crippen molar-refractivity contribution in [1.82, 2.24) is 5.32 Å². The second kappa shape index (κ2) is 7.64. The maximum atomic E-state index is 11.9. The number of carbonyl (C=O) groups excluding carboxylic acids is 1. The molecule has 0 fully saturated rings. The first kappa shape index (κ1) is 17.0. The van der Waals surface area contributed by atoms with Gasteiger partial charge in [0, 0.05) is 8.95 Å². The predicted molar refractivity (Wildman–Crippen MR) is 84.9 cm³/mol. The van der Waals surface area contributed by atoms with Crippen LogP contribution in [-0.4, -0.2) is 23.1 Å². The van der Waals surface area contributed by atoms with Crippen LogP contribution in [0.15, 0.2) is 27.1 Å². The first-order valence-corrected chi connectivity index (χ1v) is 7.69. The number of amides is 2. The number of rotatable bonds is 5. The predicted octanol–water partition coefficient (Wildman–Crippen LogP) is 3.83. The minimum absolute atomic E-state index is 0.152. The highest BCUT2D eigenvalue weighted by atomic mass is 79.9. The zero-order valence-electron chi connectivity index (χ0n) is 11.1. The molecule has 0 saturated carbocycles. The number of aliphatic carboxylic acids is 1. The van der Waals surface area contributed by atoms with Crippen molar-refractivity contribution in [2.45, 2.75) is 26.3 Å². The topological polar surface area (TPSA) is 78.4 Å². The van der Waals surface area contributed by atoms with Gasteiger partial charge in [-0.25, -0.2) is 9.59 Å². The molecule has 0 aromatic heterocycles. The van der Waals surface area contributed by atoms with Crippen LogP contribution in [0.25, 0.3) is 0 Å².